The number of rotatable bonds is 2. The van der Waals surface area contributed by atoms with Gasteiger partial charge in [0.2, 0.25) is 0 Å². The molecule has 0 aliphatic rings. The third-order valence-corrected chi connectivity index (χ3v) is 4.27. The van der Waals surface area contributed by atoms with Crippen LogP contribution in [-0.4, -0.2) is 0 Å². The lowest BCUT2D eigenvalue weighted by Gasteiger charge is -2.21. The molecule has 0 saturated heterocycles. The topological polar surface area (TPSA) is 0 Å². The van der Waals surface area contributed by atoms with Gasteiger partial charge in [0.05, 0.1) is 0 Å². The fourth-order valence-electron chi connectivity index (χ4n) is 2.87. The fraction of sp³-hybridized carbons (Fsp3) is 0.263. The normalized spacial score (nSPS) is 13.3. The van der Waals surface area contributed by atoms with Crippen molar-refractivity contribution in [2.75, 3.05) is 0 Å². The van der Waals surface area contributed by atoms with Crippen LogP contribution >= 0.6 is 0 Å². The van der Waals surface area contributed by atoms with Crippen molar-refractivity contribution in [3.8, 4) is 0 Å². The predicted octanol–water partition coefficient (Wildman–Crippen LogP) is 5.75. The van der Waals surface area contributed by atoms with Gasteiger partial charge in [-0.2, -0.15) is 0 Å². The third kappa shape index (κ3) is 2.02. The van der Waals surface area contributed by atoms with Crippen LogP contribution in [0.5, 0.6) is 0 Å². The molecule has 0 aromatic heterocycles. The summed E-state index contributed by atoms with van der Waals surface area (Å²) in [6.07, 6.45) is 0. The highest BCUT2D eigenvalue weighted by molar-refractivity contribution is 6.02. The summed E-state index contributed by atoms with van der Waals surface area (Å²) in [5.41, 5.74) is 1.50. The molecule has 0 heterocycles. The molecular weight excluding hydrogens is 228 g/mol. The summed E-state index contributed by atoms with van der Waals surface area (Å²) < 4.78 is 0. The minimum Gasteiger partial charge on any atom is -0.0622 e. The minimum atomic E-state index is 0.566. The fourth-order valence-corrected chi connectivity index (χ4v) is 2.87. The van der Waals surface area contributed by atoms with Crippen LogP contribution in [0.2, 0.25) is 0 Å². The number of hydrogen-bond donors (Lipinski definition) is 0. The molecule has 96 valence electrons. The van der Waals surface area contributed by atoms with Crippen LogP contribution in [0.15, 0.2) is 54.6 Å². The van der Waals surface area contributed by atoms with E-state index in [1.54, 1.807) is 0 Å². The standard InChI is InChI=1S/C19H20/c1-13(2)14(3)19-17-10-6-4-8-15(17)12-16-9-5-7-11-18(16)19/h4-14H,1-3H3. The summed E-state index contributed by atoms with van der Waals surface area (Å²) in [4.78, 5) is 0. The largest absolute Gasteiger partial charge is 0.0622 e. The molecule has 3 rings (SSSR count). The van der Waals surface area contributed by atoms with E-state index in [0.29, 0.717) is 11.8 Å². The molecule has 0 heteroatoms. The van der Waals surface area contributed by atoms with E-state index in [2.05, 4.69) is 75.4 Å². The second kappa shape index (κ2) is 4.70. The summed E-state index contributed by atoms with van der Waals surface area (Å²) >= 11 is 0. The molecule has 1 atom stereocenters. The average molecular weight is 248 g/mol. The molecule has 0 radical (unpaired) electrons. The Balaban J connectivity index is 2.46. The molecule has 19 heavy (non-hydrogen) atoms. The number of benzene rings is 3. The summed E-state index contributed by atoms with van der Waals surface area (Å²) in [5.74, 6) is 1.21. The van der Waals surface area contributed by atoms with E-state index in [1.165, 1.54) is 27.1 Å². The van der Waals surface area contributed by atoms with E-state index in [-0.39, 0.29) is 0 Å². The summed E-state index contributed by atoms with van der Waals surface area (Å²) in [6.45, 7) is 6.96. The second-order valence-corrected chi connectivity index (χ2v) is 5.77. The average Bonchev–Trinajstić information content (AvgIpc) is 2.43. The third-order valence-electron chi connectivity index (χ3n) is 4.27. The highest BCUT2D eigenvalue weighted by Crippen LogP contribution is 2.36. The first-order valence-electron chi connectivity index (χ1n) is 7.09. The Hall–Kier alpha value is -1.82. The molecule has 0 spiro atoms. The van der Waals surface area contributed by atoms with Crippen molar-refractivity contribution in [2.24, 2.45) is 5.92 Å². The van der Waals surface area contributed by atoms with Gasteiger partial charge in [0, 0.05) is 0 Å². The van der Waals surface area contributed by atoms with Crippen molar-refractivity contribution in [1.82, 2.24) is 0 Å². The van der Waals surface area contributed by atoms with Crippen molar-refractivity contribution >= 4 is 21.5 Å². The van der Waals surface area contributed by atoms with Crippen LogP contribution in [0, 0.1) is 5.92 Å². The van der Waals surface area contributed by atoms with Gasteiger partial charge < -0.3 is 0 Å². The summed E-state index contributed by atoms with van der Waals surface area (Å²) in [7, 11) is 0. The van der Waals surface area contributed by atoms with Gasteiger partial charge in [-0.15, -0.1) is 0 Å². The summed E-state index contributed by atoms with van der Waals surface area (Å²) in [6, 6.07) is 19.8. The Kier molecular flexibility index (Phi) is 3.02. The number of fused-ring (bicyclic) bond motifs is 2. The highest BCUT2D eigenvalue weighted by atomic mass is 14.2. The predicted molar refractivity (Wildman–Crippen MR) is 84.7 cm³/mol. The molecule has 0 fully saturated rings. The van der Waals surface area contributed by atoms with Gasteiger partial charge in [-0.05, 0) is 45.0 Å². The van der Waals surface area contributed by atoms with E-state index in [0.717, 1.165) is 0 Å². The van der Waals surface area contributed by atoms with E-state index < -0.39 is 0 Å². The lowest BCUT2D eigenvalue weighted by molar-refractivity contribution is 0.541. The highest BCUT2D eigenvalue weighted by Gasteiger charge is 2.16. The van der Waals surface area contributed by atoms with Gasteiger partial charge >= 0.3 is 0 Å². The Bertz CT molecular complexity index is 668. The van der Waals surface area contributed by atoms with E-state index >= 15 is 0 Å². The van der Waals surface area contributed by atoms with Gasteiger partial charge in [0.25, 0.3) is 0 Å². The van der Waals surface area contributed by atoms with Crippen LogP contribution in [0.25, 0.3) is 21.5 Å². The molecule has 0 nitrogen and oxygen atoms in total. The molecule has 0 aliphatic heterocycles. The van der Waals surface area contributed by atoms with Gasteiger partial charge in [-0.3, -0.25) is 0 Å². The SMILES string of the molecule is CC(C)C(C)c1c2ccccc2cc2ccccc12. The van der Waals surface area contributed by atoms with Crippen molar-refractivity contribution in [1.29, 1.82) is 0 Å². The molecule has 0 N–H and O–H groups in total. The quantitative estimate of drug-likeness (QED) is 0.506. The lowest BCUT2D eigenvalue weighted by Crippen LogP contribution is -2.03. The monoisotopic (exact) mass is 248 g/mol. The van der Waals surface area contributed by atoms with Gasteiger partial charge in [0.1, 0.15) is 0 Å². The first-order valence-corrected chi connectivity index (χ1v) is 7.09. The smallest absolute Gasteiger partial charge is 0.0143 e. The van der Waals surface area contributed by atoms with Crippen molar-refractivity contribution < 1.29 is 0 Å². The molecule has 0 saturated carbocycles. The maximum Gasteiger partial charge on any atom is -0.0143 e. The minimum absolute atomic E-state index is 0.566. The van der Waals surface area contributed by atoms with Gasteiger partial charge in [-0.25, -0.2) is 0 Å². The molecular formula is C19H20. The zero-order valence-electron chi connectivity index (χ0n) is 11.9. The van der Waals surface area contributed by atoms with Crippen LogP contribution in [0.4, 0.5) is 0 Å². The second-order valence-electron chi connectivity index (χ2n) is 5.77. The van der Waals surface area contributed by atoms with E-state index in [9.17, 15) is 0 Å². The molecule has 3 aromatic carbocycles. The Labute approximate surface area is 115 Å². The van der Waals surface area contributed by atoms with Crippen LogP contribution in [0.1, 0.15) is 32.3 Å². The van der Waals surface area contributed by atoms with Crippen LogP contribution < -0.4 is 0 Å². The van der Waals surface area contributed by atoms with Gasteiger partial charge in [0.15, 0.2) is 0 Å². The molecule has 0 amide bonds. The molecule has 3 aromatic rings. The van der Waals surface area contributed by atoms with Crippen LogP contribution in [-0.2, 0) is 0 Å². The van der Waals surface area contributed by atoms with Crippen molar-refractivity contribution in [3.63, 3.8) is 0 Å². The van der Waals surface area contributed by atoms with Crippen molar-refractivity contribution in [3.05, 3.63) is 60.2 Å². The van der Waals surface area contributed by atoms with E-state index in [1.807, 2.05) is 0 Å². The Morgan fingerprint density at radius 2 is 1.16 bits per heavy atom. The summed E-state index contributed by atoms with van der Waals surface area (Å²) in [5, 5.41) is 5.51. The first-order chi connectivity index (χ1) is 9.18. The maximum absolute atomic E-state index is 2.35. The molecule has 1 unspecified atom stereocenters. The molecule has 0 aliphatic carbocycles. The zero-order chi connectivity index (χ0) is 13.4. The maximum atomic E-state index is 2.35. The van der Waals surface area contributed by atoms with Crippen molar-refractivity contribution in [2.45, 2.75) is 26.7 Å². The zero-order valence-corrected chi connectivity index (χ0v) is 11.9. The van der Waals surface area contributed by atoms with Crippen LogP contribution in [0.3, 0.4) is 0 Å². The van der Waals surface area contributed by atoms with Gasteiger partial charge in [-0.1, -0.05) is 69.3 Å². The Morgan fingerprint density at radius 3 is 1.63 bits per heavy atom. The first kappa shape index (κ1) is 12.2. The molecule has 0 bridgehead atoms. The van der Waals surface area contributed by atoms with E-state index in [4.69, 9.17) is 0 Å². The Morgan fingerprint density at radius 1 is 0.684 bits per heavy atom. The lowest BCUT2D eigenvalue weighted by atomic mass is 9.83. The number of hydrogen-bond acceptors (Lipinski definition) is 0.